The van der Waals surface area contributed by atoms with Gasteiger partial charge in [-0.05, 0) is 47.5 Å². The molecule has 1 unspecified atom stereocenters. The summed E-state index contributed by atoms with van der Waals surface area (Å²) >= 11 is 20.3. The minimum absolute atomic E-state index is 0.0828. The minimum Gasteiger partial charge on any atom is -0.0843 e. The van der Waals surface area contributed by atoms with Crippen molar-refractivity contribution >= 4 is 75.3 Å². The van der Waals surface area contributed by atoms with Crippen molar-refractivity contribution in [2.75, 3.05) is 0 Å². The molecule has 2 rings (SSSR count). The van der Waals surface area contributed by atoms with E-state index in [1.165, 1.54) is 0 Å². The molecule has 2 aromatic carbocycles. The Morgan fingerprint density at radius 2 is 1.61 bits per heavy atom. The van der Waals surface area contributed by atoms with Gasteiger partial charge in [-0.25, -0.2) is 0 Å². The summed E-state index contributed by atoms with van der Waals surface area (Å²) in [4.78, 5) is 0.0828. The molecule has 0 spiro atoms. The first-order valence-electron chi connectivity index (χ1n) is 5.02. The topological polar surface area (TPSA) is 0 Å². The normalized spacial score (nSPS) is 12.5. The van der Waals surface area contributed by atoms with Crippen LogP contribution in [-0.4, -0.2) is 0 Å². The largest absolute Gasteiger partial charge is 0.0843 e. The van der Waals surface area contributed by atoms with Crippen LogP contribution in [0.3, 0.4) is 0 Å². The average molecular weight is 518 g/mol. The molecule has 0 aliphatic rings. The molecule has 0 saturated heterocycles. The average Bonchev–Trinajstić information content (AvgIpc) is 2.30. The van der Waals surface area contributed by atoms with Crippen LogP contribution in [0.2, 0.25) is 5.02 Å². The highest BCUT2D eigenvalue weighted by Gasteiger charge is 2.15. The maximum atomic E-state index is 6.08. The lowest BCUT2D eigenvalue weighted by Crippen LogP contribution is -1.94. The molecular formula is C13H7Br4Cl. The first-order chi connectivity index (χ1) is 8.47. The van der Waals surface area contributed by atoms with E-state index in [4.69, 9.17) is 11.6 Å². The van der Waals surface area contributed by atoms with Gasteiger partial charge in [0.15, 0.2) is 0 Å². The van der Waals surface area contributed by atoms with Crippen LogP contribution in [0, 0.1) is 0 Å². The highest BCUT2D eigenvalue weighted by atomic mass is 79.9. The van der Waals surface area contributed by atoms with Crippen LogP contribution in [0.15, 0.2) is 49.8 Å². The van der Waals surface area contributed by atoms with Crippen molar-refractivity contribution < 1.29 is 0 Å². The molecule has 0 nitrogen and oxygen atoms in total. The zero-order valence-corrected chi connectivity index (χ0v) is 16.0. The van der Waals surface area contributed by atoms with Gasteiger partial charge in [-0.1, -0.05) is 75.3 Å². The lowest BCUT2D eigenvalue weighted by Gasteiger charge is -2.14. The van der Waals surface area contributed by atoms with Crippen molar-refractivity contribution in [3.05, 3.63) is 66.0 Å². The summed E-state index contributed by atoms with van der Waals surface area (Å²) in [5.74, 6) is 0. The maximum absolute atomic E-state index is 6.08. The Morgan fingerprint density at radius 1 is 0.889 bits per heavy atom. The summed E-state index contributed by atoms with van der Waals surface area (Å²) in [6, 6.07) is 12.0. The quantitative estimate of drug-likeness (QED) is 0.372. The van der Waals surface area contributed by atoms with E-state index in [2.05, 4.69) is 75.9 Å². The molecule has 0 heterocycles. The molecule has 1 atom stereocenters. The number of hydrogen-bond acceptors (Lipinski definition) is 0. The summed E-state index contributed by atoms with van der Waals surface area (Å²) in [5, 5.41) is 0.718. The maximum Gasteiger partial charge on any atom is 0.0656 e. The van der Waals surface area contributed by atoms with Gasteiger partial charge in [0.05, 0.1) is 4.83 Å². The first-order valence-corrected chi connectivity index (χ1v) is 8.69. The third kappa shape index (κ3) is 3.60. The van der Waals surface area contributed by atoms with Gasteiger partial charge in [-0.15, -0.1) is 0 Å². The Kier molecular flexibility index (Phi) is 5.35. The Labute approximate surface area is 145 Å². The second kappa shape index (κ2) is 6.40. The Morgan fingerprint density at radius 3 is 2.28 bits per heavy atom. The second-order valence-electron chi connectivity index (χ2n) is 3.73. The fourth-order valence-electron chi connectivity index (χ4n) is 1.61. The van der Waals surface area contributed by atoms with Crippen molar-refractivity contribution in [3.63, 3.8) is 0 Å². The Hall–Kier alpha value is 0.650. The summed E-state index contributed by atoms with van der Waals surface area (Å²) < 4.78 is 3.08. The highest BCUT2D eigenvalue weighted by molar-refractivity contribution is 9.11. The van der Waals surface area contributed by atoms with Crippen molar-refractivity contribution in [2.24, 2.45) is 0 Å². The van der Waals surface area contributed by atoms with Crippen LogP contribution in [-0.2, 0) is 0 Å². The van der Waals surface area contributed by atoms with E-state index in [-0.39, 0.29) is 4.83 Å². The molecule has 94 valence electrons. The van der Waals surface area contributed by atoms with E-state index >= 15 is 0 Å². The molecule has 0 aliphatic heterocycles. The van der Waals surface area contributed by atoms with Crippen LogP contribution in [0.1, 0.15) is 16.0 Å². The Balaban J connectivity index is 2.47. The molecule has 0 aliphatic carbocycles. The van der Waals surface area contributed by atoms with E-state index in [1.807, 2.05) is 24.3 Å². The fourth-order valence-corrected chi connectivity index (χ4v) is 4.30. The lowest BCUT2D eigenvalue weighted by atomic mass is 10.1. The van der Waals surface area contributed by atoms with E-state index < -0.39 is 0 Å². The summed E-state index contributed by atoms with van der Waals surface area (Å²) in [5.41, 5.74) is 2.26. The number of halogens is 5. The lowest BCUT2D eigenvalue weighted by molar-refractivity contribution is 1.16. The number of alkyl halides is 1. The van der Waals surface area contributed by atoms with Crippen molar-refractivity contribution in [1.82, 2.24) is 0 Å². The van der Waals surface area contributed by atoms with Crippen LogP contribution >= 0.6 is 75.3 Å². The van der Waals surface area contributed by atoms with Gasteiger partial charge >= 0.3 is 0 Å². The molecule has 0 fully saturated rings. The van der Waals surface area contributed by atoms with Gasteiger partial charge in [0.1, 0.15) is 0 Å². The van der Waals surface area contributed by atoms with Gasteiger partial charge < -0.3 is 0 Å². The monoisotopic (exact) mass is 514 g/mol. The number of rotatable bonds is 2. The molecule has 0 saturated carbocycles. The van der Waals surface area contributed by atoms with Crippen LogP contribution in [0.4, 0.5) is 0 Å². The minimum atomic E-state index is 0.0828. The van der Waals surface area contributed by atoms with Crippen molar-refractivity contribution in [1.29, 1.82) is 0 Å². The standard InChI is InChI=1S/C13H7Br4Cl/c14-8-1-2-12(16)11(6-8)13(17)7-3-9(15)5-10(18)4-7/h1-6,13H. The van der Waals surface area contributed by atoms with E-state index in [0.29, 0.717) is 0 Å². The van der Waals surface area contributed by atoms with Gasteiger partial charge in [0.25, 0.3) is 0 Å². The molecule has 0 N–H and O–H groups in total. The van der Waals surface area contributed by atoms with Crippen LogP contribution in [0.25, 0.3) is 0 Å². The van der Waals surface area contributed by atoms with Crippen molar-refractivity contribution in [3.8, 4) is 0 Å². The third-order valence-electron chi connectivity index (χ3n) is 2.41. The van der Waals surface area contributed by atoms with Crippen LogP contribution < -0.4 is 0 Å². The Bertz CT molecular complexity index is 563. The smallest absolute Gasteiger partial charge is 0.0656 e. The number of hydrogen-bond donors (Lipinski definition) is 0. The first kappa shape index (κ1) is 15.0. The molecule has 18 heavy (non-hydrogen) atoms. The van der Waals surface area contributed by atoms with Gasteiger partial charge in [0, 0.05) is 18.4 Å². The second-order valence-corrected chi connectivity index (χ2v) is 7.77. The summed E-state index contributed by atoms with van der Waals surface area (Å²) in [6.07, 6.45) is 0. The summed E-state index contributed by atoms with van der Waals surface area (Å²) in [7, 11) is 0. The molecule has 0 radical (unpaired) electrons. The molecule has 0 bridgehead atoms. The zero-order valence-electron chi connectivity index (χ0n) is 8.93. The van der Waals surface area contributed by atoms with Crippen LogP contribution in [0.5, 0.6) is 0 Å². The predicted molar refractivity (Wildman–Crippen MR) is 91.8 cm³/mol. The third-order valence-corrected chi connectivity index (χ3v) is 5.32. The molecular weight excluding hydrogens is 511 g/mol. The van der Waals surface area contributed by atoms with E-state index in [1.54, 1.807) is 0 Å². The highest BCUT2D eigenvalue weighted by Crippen LogP contribution is 2.38. The fraction of sp³-hybridized carbons (Fsp3) is 0.0769. The molecule has 0 aromatic heterocycles. The SMILES string of the molecule is Clc1cc(Br)cc(C(Br)c2cc(Br)ccc2Br)c1. The van der Waals surface area contributed by atoms with E-state index in [9.17, 15) is 0 Å². The van der Waals surface area contributed by atoms with Gasteiger partial charge in [0.2, 0.25) is 0 Å². The molecule has 5 heteroatoms. The van der Waals surface area contributed by atoms with E-state index in [0.717, 1.165) is 29.6 Å². The predicted octanol–water partition coefficient (Wildman–Crippen LogP) is 7.11. The summed E-state index contributed by atoms with van der Waals surface area (Å²) in [6.45, 7) is 0. The zero-order chi connectivity index (χ0) is 13.3. The van der Waals surface area contributed by atoms with Gasteiger partial charge in [-0.3, -0.25) is 0 Å². The number of benzene rings is 2. The van der Waals surface area contributed by atoms with Crippen molar-refractivity contribution in [2.45, 2.75) is 4.83 Å². The van der Waals surface area contributed by atoms with Gasteiger partial charge in [-0.2, -0.15) is 0 Å². The molecule has 0 amide bonds. The molecule has 2 aromatic rings.